The Morgan fingerprint density at radius 1 is 0.955 bits per heavy atom. The van der Waals surface area contributed by atoms with Crippen molar-refractivity contribution in [1.29, 1.82) is 0 Å². The number of hydrogen-bond donors (Lipinski definition) is 1. The quantitative estimate of drug-likeness (QED) is 0.422. The predicted molar refractivity (Wildman–Crippen MR) is 74.2 cm³/mol. The summed E-state index contributed by atoms with van der Waals surface area (Å²) in [6, 6.07) is 7.99. The fraction of sp³-hybridized carbons (Fsp3) is 0. The molecule has 0 fully saturated rings. The van der Waals surface area contributed by atoms with E-state index in [2.05, 4.69) is 5.32 Å². The van der Waals surface area contributed by atoms with Gasteiger partial charge in [0.05, 0.1) is 4.92 Å². The predicted octanol–water partition coefficient (Wildman–Crippen LogP) is 6.00. The number of benzene rings is 2. The van der Waals surface area contributed by atoms with Gasteiger partial charge in [-0.25, -0.2) is 0 Å². The van der Waals surface area contributed by atoms with Crippen molar-refractivity contribution in [2.24, 2.45) is 0 Å². The van der Waals surface area contributed by atoms with E-state index in [4.69, 9.17) is 0 Å². The second kappa shape index (κ2) is 4.32. The molecule has 0 aliphatic heterocycles. The number of rotatable bonds is 4. The summed E-state index contributed by atoms with van der Waals surface area (Å²) in [5, 5.41) is 13.2. The number of nitrogens with zero attached hydrogens (tertiary/aromatic N) is 1. The summed E-state index contributed by atoms with van der Waals surface area (Å²) in [6.07, 6.45) is 0. The Morgan fingerprint density at radius 2 is 1.55 bits per heavy atom. The lowest BCUT2D eigenvalue weighted by Crippen LogP contribution is -2.07. The Kier molecular flexibility index (Phi) is 3.15. The molecule has 22 heavy (non-hydrogen) atoms. The van der Waals surface area contributed by atoms with Crippen LogP contribution in [0.2, 0.25) is 0 Å². The summed E-state index contributed by atoms with van der Waals surface area (Å²) in [5.74, 6) is 0. The number of nitrogens with one attached hydrogen (secondary N) is 1. The first-order valence-corrected chi connectivity index (χ1v) is 7.66. The largest absolute Gasteiger partial charge is 0.350 e. The van der Waals surface area contributed by atoms with Gasteiger partial charge in [0.15, 0.2) is 0 Å². The molecule has 0 unspecified atom stereocenters. The average molecular weight is 340 g/mol. The van der Waals surface area contributed by atoms with Crippen LogP contribution in [-0.2, 0) is 0 Å². The molecule has 120 valence electrons. The van der Waals surface area contributed by atoms with E-state index in [1.165, 1.54) is 24.3 Å². The van der Waals surface area contributed by atoms with Crippen molar-refractivity contribution in [2.75, 3.05) is 5.32 Å². The van der Waals surface area contributed by atoms with Crippen LogP contribution in [-0.4, -0.2) is 4.92 Å². The fourth-order valence-electron chi connectivity index (χ4n) is 1.69. The molecule has 0 amide bonds. The van der Waals surface area contributed by atoms with E-state index in [0.29, 0.717) is 6.07 Å². The van der Waals surface area contributed by atoms with Crippen LogP contribution in [0, 0.1) is 10.1 Å². The van der Waals surface area contributed by atoms with Gasteiger partial charge in [-0.1, -0.05) is 37.6 Å². The molecular formula is C12H9F5N2O2S. The molecule has 10 heteroatoms. The van der Waals surface area contributed by atoms with E-state index < -0.39 is 31.4 Å². The van der Waals surface area contributed by atoms with Crippen molar-refractivity contribution in [3.8, 4) is 0 Å². The van der Waals surface area contributed by atoms with Gasteiger partial charge in [0.25, 0.3) is 5.69 Å². The zero-order valence-electron chi connectivity index (χ0n) is 10.7. The molecule has 0 aromatic heterocycles. The molecule has 0 saturated heterocycles. The van der Waals surface area contributed by atoms with Crippen LogP contribution in [0.25, 0.3) is 0 Å². The van der Waals surface area contributed by atoms with Gasteiger partial charge in [0.1, 0.15) is 10.6 Å². The van der Waals surface area contributed by atoms with E-state index in [-0.39, 0.29) is 17.8 Å². The lowest BCUT2D eigenvalue weighted by molar-refractivity contribution is -0.384. The lowest BCUT2D eigenvalue weighted by atomic mass is 10.2. The summed E-state index contributed by atoms with van der Waals surface area (Å²) < 4.78 is 64.0. The first kappa shape index (κ1) is 16.0. The van der Waals surface area contributed by atoms with Crippen LogP contribution in [0.3, 0.4) is 0 Å². The molecule has 1 N–H and O–H groups in total. The Morgan fingerprint density at radius 3 is 2.05 bits per heavy atom. The monoisotopic (exact) mass is 340 g/mol. The highest BCUT2D eigenvalue weighted by atomic mass is 32.5. The standard InChI is InChI=1S/C12H9F5N2O2S/c13-22(14,15,16,17)10-6-7-12(19(20)21)11(8-10)18-9-4-2-1-3-5-9/h1-8,18H. The molecule has 0 atom stereocenters. The third kappa shape index (κ3) is 3.64. The van der Waals surface area contributed by atoms with E-state index in [1.807, 2.05) is 0 Å². The number of nitro groups is 1. The first-order chi connectivity index (χ1) is 9.86. The van der Waals surface area contributed by atoms with Crippen molar-refractivity contribution in [1.82, 2.24) is 0 Å². The van der Waals surface area contributed by atoms with Gasteiger partial charge in [-0.3, -0.25) is 10.1 Å². The Hall–Kier alpha value is -2.36. The molecule has 0 bridgehead atoms. The van der Waals surface area contributed by atoms with E-state index in [0.717, 1.165) is 0 Å². The summed E-state index contributed by atoms with van der Waals surface area (Å²) >= 11 is 0. The van der Waals surface area contributed by atoms with Crippen molar-refractivity contribution >= 4 is 27.3 Å². The Labute approximate surface area is 121 Å². The van der Waals surface area contributed by atoms with Crippen LogP contribution in [0.15, 0.2) is 53.4 Å². The summed E-state index contributed by atoms with van der Waals surface area (Å²) in [6.45, 7) is 0. The highest BCUT2D eigenvalue weighted by Gasteiger charge is 2.65. The number of para-hydroxylation sites is 1. The lowest BCUT2D eigenvalue weighted by Gasteiger charge is -2.40. The second-order valence-electron chi connectivity index (χ2n) is 4.40. The third-order valence-corrected chi connectivity index (χ3v) is 3.81. The summed E-state index contributed by atoms with van der Waals surface area (Å²) in [4.78, 5) is 7.69. The number of halogens is 5. The SMILES string of the molecule is O=[N+]([O-])c1ccc(S(F)(F)(F)(F)F)cc1Nc1ccccc1. The molecule has 0 aliphatic rings. The molecule has 2 aromatic carbocycles. The highest BCUT2D eigenvalue weighted by Crippen LogP contribution is 3.02. The van der Waals surface area contributed by atoms with Gasteiger partial charge < -0.3 is 5.32 Å². The van der Waals surface area contributed by atoms with Crippen molar-refractivity contribution in [3.05, 3.63) is 58.6 Å². The third-order valence-electron chi connectivity index (χ3n) is 2.66. The Bertz CT molecular complexity index is 735. The van der Waals surface area contributed by atoms with Gasteiger partial charge in [0, 0.05) is 11.8 Å². The van der Waals surface area contributed by atoms with E-state index >= 15 is 0 Å². The number of nitro benzene ring substituents is 1. The van der Waals surface area contributed by atoms with Crippen molar-refractivity contribution in [2.45, 2.75) is 4.90 Å². The normalized spacial score (nSPS) is 14.8. The maximum atomic E-state index is 12.8. The molecule has 2 aromatic rings. The molecular weight excluding hydrogens is 331 g/mol. The summed E-state index contributed by atoms with van der Waals surface area (Å²) in [5.41, 5.74) is -1.18. The maximum absolute atomic E-state index is 12.8. The smallest absolute Gasteiger partial charge is 0.310 e. The van der Waals surface area contributed by atoms with Gasteiger partial charge in [-0.15, -0.1) is 0 Å². The van der Waals surface area contributed by atoms with Gasteiger partial charge in [0.2, 0.25) is 0 Å². The highest BCUT2D eigenvalue weighted by molar-refractivity contribution is 8.45. The minimum absolute atomic E-state index is 0.00978. The number of hydrogen-bond acceptors (Lipinski definition) is 3. The van der Waals surface area contributed by atoms with E-state index in [1.54, 1.807) is 6.07 Å². The van der Waals surface area contributed by atoms with E-state index in [9.17, 15) is 29.5 Å². The van der Waals surface area contributed by atoms with Crippen LogP contribution in [0.4, 0.5) is 36.5 Å². The fourth-order valence-corrected chi connectivity index (χ4v) is 2.36. The van der Waals surface area contributed by atoms with Gasteiger partial charge >= 0.3 is 10.2 Å². The second-order valence-corrected chi connectivity index (χ2v) is 6.81. The maximum Gasteiger partial charge on any atom is 0.310 e. The van der Waals surface area contributed by atoms with Gasteiger partial charge in [-0.05, 0) is 24.3 Å². The molecule has 0 saturated carbocycles. The minimum atomic E-state index is -9.91. The van der Waals surface area contributed by atoms with Crippen molar-refractivity contribution < 1.29 is 24.4 Å². The van der Waals surface area contributed by atoms with Crippen LogP contribution in [0.1, 0.15) is 0 Å². The molecule has 0 heterocycles. The molecule has 0 aliphatic carbocycles. The van der Waals surface area contributed by atoms with Crippen LogP contribution in [0.5, 0.6) is 0 Å². The topological polar surface area (TPSA) is 55.2 Å². The molecule has 0 radical (unpaired) electrons. The molecule has 0 spiro atoms. The zero-order chi connectivity index (χ0) is 16.7. The zero-order valence-corrected chi connectivity index (χ0v) is 11.5. The summed E-state index contributed by atoms with van der Waals surface area (Å²) in [7, 11) is -9.91. The minimum Gasteiger partial charge on any atom is -0.350 e. The van der Waals surface area contributed by atoms with Crippen LogP contribution >= 0.6 is 10.2 Å². The first-order valence-electron chi connectivity index (χ1n) is 5.71. The Balaban J connectivity index is 2.58. The molecule has 4 nitrogen and oxygen atoms in total. The molecule has 2 rings (SSSR count). The van der Waals surface area contributed by atoms with Gasteiger partial charge in [-0.2, -0.15) is 0 Å². The average Bonchev–Trinajstić information content (AvgIpc) is 2.37. The van der Waals surface area contributed by atoms with Crippen molar-refractivity contribution in [3.63, 3.8) is 0 Å². The van der Waals surface area contributed by atoms with Crippen LogP contribution < -0.4 is 5.32 Å². The number of anilines is 2.